The first-order valence-electron chi connectivity index (χ1n) is 4.08. The second kappa shape index (κ2) is 4.50. The van der Waals surface area contributed by atoms with E-state index in [2.05, 4.69) is 4.74 Å². The van der Waals surface area contributed by atoms with E-state index in [1.807, 2.05) is 31.2 Å². The first-order valence-corrected chi connectivity index (χ1v) is 4.08. The SMILES string of the molecule is Cc1ccccc1CCOC([O])=O. The van der Waals surface area contributed by atoms with Crippen molar-refractivity contribution in [1.82, 2.24) is 0 Å². The Morgan fingerprint density at radius 3 is 2.69 bits per heavy atom. The summed E-state index contributed by atoms with van der Waals surface area (Å²) in [5.74, 6) is 0. The smallest absolute Gasteiger partial charge is 0.431 e. The van der Waals surface area contributed by atoms with E-state index in [-0.39, 0.29) is 6.61 Å². The summed E-state index contributed by atoms with van der Waals surface area (Å²) in [5.41, 5.74) is 2.24. The van der Waals surface area contributed by atoms with Crippen LogP contribution in [0.3, 0.4) is 0 Å². The number of benzene rings is 1. The summed E-state index contributed by atoms with van der Waals surface area (Å²) in [6, 6.07) is 7.79. The summed E-state index contributed by atoms with van der Waals surface area (Å²) in [4.78, 5) is 9.94. The van der Waals surface area contributed by atoms with Crippen molar-refractivity contribution in [2.24, 2.45) is 0 Å². The van der Waals surface area contributed by atoms with Gasteiger partial charge in [0, 0.05) is 6.42 Å². The van der Waals surface area contributed by atoms with Crippen LogP contribution in [-0.2, 0) is 16.3 Å². The Balaban J connectivity index is 2.45. The van der Waals surface area contributed by atoms with Crippen LogP contribution in [0.4, 0.5) is 4.79 Å². The van der Waals surface area contributed by atoms with Gasteiger partial charge >= 0.3 is 6.16 Å². The van der Waals surface area contributed by atoms with Gasteiger partial charge in [-0.3, -0.25) is 0 Å². The molecule has 13 heavy (non-hydrogen) atoms. The maximum atomic E-state index is 9.94. The lowest BCUT2D eigenvalue weighted by atomic mass is 10.1. The zero-order valence-electron chi connectivity index (χ0n) is 7.45. The van der Waals surface area contributed by atoms with Crippen LogP contribution in [-0.4, -0.2) is 12.8 Å². The van der Waals surface area contributed by atoms with Crippen molar-refractivity contribution in [3.05, 3.63) is 35.4 Å². The lowest BCUT2D eigenvalue weighted by molar-refractivity contribution is 0.0687. The summed E-state index contributed by atoms with van der Waals surface area (Å²) >= 11 is 0. The molecule has 0 amide bonds. The quantitative estimate of drug-likeness (QED) is 0.667. The van der Waals surface area contributed by atoms with E-state index in [9.17, 15) is 9.90 Å². The summed E-state index contributed by atoms with van der Waals surface area (Å²) in [5, 5.41) is 9.94. The molecule has 0 aliphatic rings. The maximum Gasteiger partial charge on any atom is 0.550 e. The molecule has 0 unspecified atom stereocenters. The maximum absolute atomic E-state index is 9.94. The van der Waals surface area contributed by atoms with Crippen molar-refractivity contribution >= 4 is 6.16 Å². The Bertz CT molecular complexity index is 294. The molecular formula is C10H11O3. The standard InChI is InChI=1S/C10H11O3/c1-8-4-2-3-5-9(8)6-7-13-10(11)12/h2-5H,6-7H2,1H3. The minimum Gasteiger partial charge on any atom is -0.431 e. The largest absolute Gasteiger partial charge is 0.550 e. The topological polar surface area (TPSA) is 46.2 Å². The molecule has 0 atom stereocenters. The molecule has 0 heterocycles. The third-order valence-electron chi connectivity index (χ3n) is 1.85. The van der Waals surface area contributed by atoms with Gasteiger partial charge in [-0.15, -0.1) is 0 Å². The molecule has 0 aliphatic carbocycles. The number of hydrogen-bond acceptors (Lipinski definition) is 2. The number of rotatable bonds is 3. The summed E-state index contributed by atoms with van der Waals surface area (Å²) in [6.45, 7) is 2.14. The van der Waals surface area contributed by atoms with E-state index in [4.69, 9.17) is 0 Å². The van der Waals surface area contributed by atoms with Crippen LogP contribution in [0.1, 0.15) is 11.1 Å². The van der Waals surface area contributed by atoms with Crippen LogP contribution in [0.15, 0.2) is 24.3 Å². The molecule has 0 aromatic heterocycles. The van der Waals surface area contributed by atoms with Gasteiger partial charge in [-0.25, -0.2) is 0 Å². The zero-order chi connectivity index (χ0) is 9.68. The van der Waals surface area contributed by atoms with Gasteiger partial charge in [-0.1, -0.05) is 24.3 Å². The van der Waals surface area contributed by atoms with Crippen LogP contribution in [0.2, 0.25) is 0 Å². The molecular weight excluding hydrogens is 168 g/mol. The molecule has 0 spiro atoms. The van der Waals surface area contributed by atoms with Crippen LogP contribution in [0.25, 0.3) is 0 Å². The van der Waals surface area contributed by atoms with Crippen molar-refractivity contribution in [2.45, 2.75) is 13.3 Å². The van der Waals surface area contributed by atoms with E-state index < -0.39 is 6.16 Å². The van der Waals surface area contributed by atoms with Gasteiger partial charge in [-0.2, -0.15) is 9.90 Å². The molecule has 3 heteroatoms. The van der Waals surface area contributed by atoms with E-state index >= 15 is 0 Å². The summed E-state index contributed by atoms with van der Waals surface area (Å²) in [7, 11) is 0. The third kappa shape index (κ3) is 3.15. The molecule has 69 valence electrons. The highest BCUT2D eigenvalue weighted by Gasteiger charge is 2.00. The van der Waals surface area contributed by atoms with Gasteiger partial charge in [0.25, 0.3) is 0 Å². The second-order valence-corrected chi connectivity index (χ2v) is 2.77. The summed E-state index contributed by atoms with van der Waals surface area (Å²) < 4.78 is 4.31. The van der Waals surface area contributed by atoms with Gasteiger partial charge in [0.15, 0.2) is 0 Å². The highest BCUT2D eigenvalue weighted by Crippen LogP contribution is 2.07. The predicted molar refractivity (Wildman–Crippen MR) is 46.9 cm³/mol. The van der Waals surface area contributed by atoms with E-state index in [0.29, 0.717) is 6.42 Å². The van der Waals surface area contributed by atoms with Crippen LogP contribution in [0, 0.1) is 6.92 Å². The highest BCUT2D eigenvalue weighted by molar-refractivity contribution is 5.56. The fraction of sp³-hybridized carbons (Fsp3) is 0.300. The predicted octanol–water partition coefficient (Wildman–Crippen LogP) is 2.10. The fourth-order valence-corrected chi connectivity index (χ4v) is 1.13. The lowest BCUT2D eigenvalue weighted by Crippen LogP contribution is -2.03. The van der Waals surface area contributed by atoms with Gasteiger partial charge in [0.05, 0.1) is 6.61 Å². The Kier molecular flexibility index (Phi) is 3.31. The van der Waals surface area contributed by atoms with Crippen LogP contribution < -0.4 is 0 Å². The Morgan fingerprint density at radius 2 is 2.08 bits per heavy atom. The minimum atomic E-state index is -1.46. The Labute approximate surface area is 77.0 Å². The molecule has 0 N–H and O–H groups in total. The zero-order valence-corrected chi connectivity index (χ0v) is 7.45. The van der Waals surface area contributed by atoms with Crippen molar-refractivity contribution in [3.63, 3.8) is 0 Å². The number of aryl methyl sites for hydroxylation is 1. The van der Waals surface area contributed by atoms with E-state index in [0.717, 1.165) is 11.1 Å². The minimum absolute atomic E-state index is 0.160. The lowest BCUT2D eigenvalue weighted by Gasteiger charge is -2.03. The normalized spacial score (nSPS) is 9.62. The first-order chi connectivity index (χ1) is 6.20. The molecule has 1 aromatic rings. The van der Waals surface area contributed by atoms with Gasteiger partial charge < -0.3 is 4.74 Å². The molecule has 0 bridgehead atoms. The molecule has 1 radical (unpaired) electrons. The number of ether oxygens (including phenoxy) is 1. The summed E-state index contributed by atoms with van der Waals surface area (Å²) in [6.07, 6.45) is -0.866. The Hall–Kier alpha value is -1.51. The molecule has 0 fully saturated rings. The molecule has 3 nitrogen and oxygen atoms in total. The monoisotopic (exact) mass is 179 g/mol. The van der Waals surface area contributed by atoms with Crippen molar-refractivity contribution in [2.75, 3.05) is 6.61 Å². The van der Waals surface area contributed by atoms with Gasteiger partial charge in [0.1, 0.15) is 0 Å². The van der Waals surface area contributed by atoms with Crippen molar-refractivity contribution < 1.29 is 14.6 Å². The third-order valence-corrected chi connectivity index (χ3v) is 1.85. The molecule has 0 saturated carbocycles. The van der Waals surface area contributed by atoms with Gasteiger partial charge in [0.2, 0.25) is 0 Å². The average Bonchev–Trinajstić information content (AvgIpc) is 2.08. The van der Waals surface area contributed by atoms with Crippen molar-refractivity contribution in [3.8, 4) is 0 Å². The van der Waals surface area contributed by atoms with Gasteiger partial charge in [-0.05, 0) is 18.1 Å². The molecule has 0 aliphatic heterocycles. The van der Waals surface area contributed by atoms with E-state index in [1.54, 1.807) is 0 Å². The number of carbonyl (C=O) groups is 1. The molecule has 0 saturated heterocycles. The number of carbonyl (C=O) groups excluding carboxylic acids is 1. The van der Waals surface area contributed by atoms with E-state index in [1.165, 1.54) is 0 Å². The van der Waals surface area contributed by atoms with Crippen LogP contribution >= 0.6 is 0 Å². The second-order valence-electron chi connectivity index (χ2n) is 2.77. The highest BCUT2D eigenvalue weighted by atomic mass is 16.7. The fourth-order valence-electron chi connectivity index (χ4n) is 1.13. The molecule has 1 aromatic carbocycles. The first kappa shape index (κ1) is 9.58. The Morgan fingerprint density at radius 1 is 1.38 bits per heavy atom. The average molecular weight is 179 g/mol. The number of hydrogen-bond donors (Lipinski definition) is 0. The van der Waals surface area contributed by atoms with Crippen LogP contribution in [0.5, 0.6) is 0 Å². The van der Waals surface area contributed by atoms with Crippen molar-refractivity contribution in [1.29, 1.82) is 0 Å². The molecule has 1 rings (SSSR count).